The molecule has 8 heteroatoms. The van der Waals surface area contributed by atoms with Crippen LogP contribution in [0.1, 0.15) is 25.8 Å². The van der Waals surface area contributed by atoms with Crippen LogP contribution in [0.5, 0.6) is 0 Å². The summed E-state index contributed by atoms with van der Waals surface area (Å²) in [5.74, 6) is -1.52. The van der Waals surface area contributed by atoms with Crippen LogP contribution in [0.2, 0.25) is 5.02 Å². The molecule has 0 saturated heterocycles. The second-order valence-corrected chi connectivity index (χ2v) is 5.77. The summed E-state index contributed by atoms with van der Waals surface area (Å²) < 4.78 is 0. The molecule has 0 bridgehead atoms. The summed E-state index contributed by atoms with van der Waals surface area (Å²) in [6, 6.07) is 6.29. The third-order valence-electron chi connectivity index (χ3n) is 3.52. The molecule has 0 aliphatic rings. The number of benzene rings is 1. The zero-order valence-electron chi connectivity index (χ0n) is 13.7. The lowest BCUT2D eigenvalue weighted by atomic mass is 10.2. The summed E-state index contributed by atoms with van der Waals surface area (Å²) in [5.41, 5.74) is 0.869. The van der Waals surface area contributed by atoms with E-state index in [0.717, 1.165) is 5.56 Å². The number of aliphatic carboxylic acids is 1. The van der Waals surface area contributed by atoms with Gasteiger partial charge in [-0.05, 0) is 31.0 Å². The van der Waals surface area contributed by atoms with Crippen molar-refractivity contribution in [3.05, 3.63) is 34.9 Å². The Balaban J connectivity index is 2.44. The number of carbonyl (C=O) groups excluding carboxylic acids is 2. The molecule has 0 aliphatic carbocycles. The van der Waals surface area contributed by atoms with Crippen LogP contribution >= 0.6 is 11.6 Å². The lowest BCUT2D eigenvalue weighted by molar-refractivity contribution is -0.145. The number of nitrogens with one attached hydrogen (secondary N) is 2. The minimum absolute atomic E-state index is 0.215. The summed E-state index contributed by atoms with van der Waals surface area (Å²) in [4.78, 5) is 35.9. The molecule has 3 N–H and O–H groups in total. The highest BCUT2D eigenvalue weighted by Crippen LogP contribution is 2.09. The molecule has 24 heavy (non-hydrogen) atoms. The Hall–Kier alpha value is -2.28. The van der Waals surface area contributed by atoms with E-state index in [2.05, 4.69) is 10.6 Å². The Kier molecular flexibility index (Phi) is 8.05. The summed E-state index contributed by atoms with van der Waals surface area (Å²) in [7, 11) is 0. The average molecular weight is 356 g/mol. The first-order valence-electron chi connectivity index (χ1n) is 7.60. The first-order valence-corrected chi connectivity index (χ1v) is 7.98. The zero-order valence-corrected chi connectivity index (χ0v) is 14.5. The van der Waals surface area contributed by atoms with E-state index in [9.17, 15) is 14.4 Å². The van der Waals surface area contributed by atoms with Gasteiger partial charge in [0, 0.05) is 17.6 Å². The van der Waals surface area contributed by atoms with E-state index in [1.807, 2.05) is 6.92 Å². The van der Waals surface area contributed by atoms with E-state index in [-0.39, 0.29) is 19.1 Å². The predicted molar refractivity (Wildman–Crippen MR) is 90.8 cm³/mol. The van der Waals surface area contributed by atoms with Gasteiger partial charge in [-0.15, -0.1) is 0 Å². The molecular formula is C16H22ClN3O4. The van der Waals surface area contributed by atoms with E-state index in [4.69, 9.17) is 16.7 Å². The molecule has 132 valence electrons. The Labute approximate surface area is 146 Å². The van der Waals surface area contributed by atoms with Crippen molar-refractivity contribution < 1.29 is 19.5 Å². The number of nitrogens with zero attached hydrogens (tertiary/aromatic N) is 1. The smallest absolute Gasteiger partial charge is 0.323 e. The van der Waals surface area contributed by atoms with Gasteiger partial charge in [0.1, 0.15) is 6.54 Å². The third-order valence-corrected chi connectivity index (χ3v) is 3.77. The number of carbonyl (C=O) groups is 3. The maximum absolute atomic E-state index is 12.1. The van der Waals surface area contributed by atoms with Crippen LogP contribution in [0.4, 0.5) is 4.79 Å². The first-order chi connectivity index (χ1) is 11.3. The van der Waals surface area contributed by atoms with E-state index >= 15 is 0 Å². The summed E-state index contributed by atoms with van der Waals surface area (Å²) in [5, 5.41) is 14.5. The highest BCUT2D eigenvalue weighted by molar-refractivity contribution is 6.30. The number of carboxylic acid groups (broad SMARTS) is 1. The topological polar surface area (TPSA) is 98.7 Å². The molecule has 1 aromatic carbocycles. The van der Waals surface area contributed by atoms with Gasteiger partial charge in [0.25, 0.3) is 0 Å². The van der Waals surface area contributed by atoms with Crippen molar-refractivity contribution in [1.82, 2.24) is 15.5 Å². The quantitative estimate of drug-likeness (QED) is 0.662. The van der Waals surface area contributed by atoms with Crippen LogP contribution in [-0.4, -0.2) is 47.0 Å². The molecule has 1 aromatic rings. The monoisotopic (exact) mass is 355 g/mol. The fraction of sp³-hybridized carbons (Fsp3) is 0.438. The number of hydrogen-bond donors (Lipinski definition) is 3. The maximum Gasteiger partial charge on any atom is 0.323 e. The van der Waals surface area contributed by atoms with Gasteiger partial charge in [0.05, 0.1) is 6.54 Å². The minimum atomic E-state index is -1.09. The van der Waals surface area contributed by atoms with Gasteiger partial charge < -0.3 is 20.6 Å². The summed E-state index contributed by atoms with van der Waals surface area (Å²) >= 11 is 5.78. The maximum atomic E-state index is 12.1. The standard InChI is InChI=1S/C16H22ClN3O4/c1-3-11(2)20(10-15(22)23)14(21)9-19-16(24)18-8-12-4-6-13(17)7-5-12/h4-7,11H,3,8-10H2,1-2H3,(H,22,23)(H2,18,19,24). The summed E-state index contributed by atoms with van der Waals surface area (Å²) in [6.07, 6.45) is 0.627. The van der Waals surface area contributed by atoms with Crippen LogP contribution in [0.3, 0.4) is 0 Å². The highest BCUT2D eigenvalue weighted by Gasteiger charge is 2.21. The molecule has 0 aromatic heterocycles. The lowest BCUT2D eigenvalue weighted by Gasteiger charge is -2.27. The number of hydrogen-bond acceptors (Lipinski definition) is 3. The van der Waals surface area contributed by atoms with Crippen molar-refractivity contribution >= 4 is 29.5 Å². The molecule has 7 nitrogen and oxygen atoms in total. The van der Waals surface area contributed by atoms with Crippen LogP contribution in [-0.2, 0) is 16.1 Å². The van der Waals surface area contributed by atoms with Gasteiger partial charge in [0.15, 0.2) is 0 Å². The van der Waals surface area contributed by atoms with Gasteiger partial charge in [0.2, 0.25) is 5.91 Å². The molecule has 0 saturated carbocycles. The average Bonchev–Trinajstić information content (AvgIpc) is 2.56. The van der Waals surface area contributed by atoms with E-state index in [1.54, 1.807) is 31.2 Å². The van der Waals surface area contributed by atoms with Crippen LogP contribution in [0, 0.1) is 0 Å². The molecule has 1 unspecified atom stereocenters. The fourth-order valence-electron chi connectivity index (χ4n) is 1.96. The first kappa shape index (κ1) is 19.8. The lowest BCUT2D eigenvalue weighted by Crippen LogP contribution is -2.48. The van der Waals surface area contributed by atoms with Crippen molar-refractivity contribution in [2.75, 3.05) is 13.1 Å². The van der Waals surface area contributed by atoms with Crippen molar-refractivity contribution in [2.24, 2.45) is 0 Å². The van der Waals surface area contributed by atoms with Crippen LogP contribution in [0.15, 0.2) is 24.3 Å². The third kappa shape index (κ3) is 6.87. The molecule has 0 aliphatic heterocycles. The number of carboxylic acids is 1. The number of rotatable bonds is 8. The molecule has 3 amide bonds. The van der Waals surface area contributed by atoms with Gasteiger partial charge in [-0.3, -0.25) is 9.59 Å². The van der Waals surface area contributed by atoms with Gasteiger partial charge in [-0.1, -0.05) is 30.7 Å². The zero-order chi connectivity index (χ0) is 18.1. The normalized spacial score (nSPS) is 11.5. The Morgan fingerprint density at radius 1 is 1.21 bits per heavy atom. The number of halogens is 1. The molecule has 0 radical (unpaired) electrons. The number of urea groups is 1. The molecular weight excluding hydrogens is 334 g/mol. The van der Waals surface area contributed by atoms with Gasteiger partial charge in [-0.25, -0.2) is 4.79 Å². The second kappa shape index (κ2) is 9.77. The Morgan fingerprint density at radius 3 is 2.38 bits per heavy atom. The molecule has 1 rings (SSSR count). The van der Waals surface area contributed by atoms with Crippen molar-refractivity contribution in [3.8, 4) is 0 Å². The Bertz CT molecular complexity index is 577. The predicted octanol–water partition coefficient (Wildman–Crippen LogP) is 1.85. The number of amides is 3. The van der Waals surface area contributed by atoms with E-state index in [1.165, 1.54) is 4.90 Å². The molecule has 0 fully saturated rings. The largest absolute Gasteiger partial charge is 0.480 e. The van der Waals surface area contributed by atoms with Crippen molar-refractivity contribution in [2.45, 2.75) is 32.9 Å². The summed E-state index contributed by atoms with van der Waals surface area (Å²) in [6.45, 7) is 3.27. The van der Waals surface area contributed by atoms with Crippen molar-refractivity contribution in [1.29, 1.82) is 0 Å². The highest BCUT2D eigenvalue weighted by atomic mass is 35.5. The van der Waals surface area contributed by atoms with E-state index < -0.39 is 17.9 Å². The second-order valence-electron chi connectivity index (χ2n) is 5.34. The van der Waals surface area contributed by atoms with E-state index in [0.29, 0.717) is 18.0 Å². The molecule has 1 atom stereocenters. The van der Waals surface area contributed by atoms with Crippen molar-refractivity contribution in [3.63, 3.8) is 0 Å². The SMILES string of the molecule is CCC(C)N(CC(=O)O)C(=O)CNC(=O)NCc1ccc(Cl)cc1. The molecule has 0 spiro atoms. The Morgan fingerprint density at radius 2 is 1.83 bits per heavy atom. The molecule has 0 heterocycles. The van der Waals surface area contributed by atoms with Crippen LogP contribution < -0.4 is 10.6 Å². The van der Waals surface area contributed by atoms with Crippen LogP contribution in [0.25, 0.3) is 0 Å². The van der Waals surface area contributed by atoms with Gasteiger partial charge >= 0.3 is 12.0 Å². The minimum Gasteiger partial charge on any atom is -0.480 e. The fourth-order valence-corrected chi connectivity index (χ4v) is 2.09. The van der Waals surface area contributed by atoms with Gasteiger partial charge in [-0.2, -0.15) is 0 Å².